The van der Waals surface area contributed by atoms with Crippen LogP contribution in [-0.4, -0.2) is 0 Å². The highest BCUT2D eigenvalue weighted by Gasteiger charge is 2.01. The van der Waals surface area contributed by atoms with E-state index in [4.69, 9.17) is 6.42 Å². The Hall–Kier alpha value is -1.66. The molecule has 0 spiro atoms. The molecule has 0 radical (unpaired) electrons. The first-order chi connectivity index (χ1) is 7.38. The summed E-state index contributed by atoms with van der Waals surface area (Å²) < 4.78 is 0. The Bertz CT molecular complexity index is 370. The largest absolute Gasteiger partial charge is 0.118 e. The first kappa shape index (κ1) is 11.4. The Balaban J connectivity index is 2.64. The third kappa shape index (κ3) is 3.92. The molecule has 0 N–H and O–H groups in total. The van der Waals surface area contributed by atoms with Crippen molar-refractivity contribution in [2.24, 2.45) is 0 Å². The molecule has 1 aromatic carbocycles. The van der Waals surface area contributed by atoms with Crippen molar-refractivity contribution >= 4 is 0 Å². The highest BCUT2D eigenvalue weighted by Crippen LogP contribution is 2.12. The standard InChI is InChI=1S/C15H16/c1-3-5-6-8-11-14(4-2)15-12-9-7-10-13-15/h2,7,9-10,12-14H,3,5-6H2,1H3. The van der Waals surface area contributed by atoms with Crippen molar-refractivity contribution < 1.29 is 0 Å². The molecule has 0 bridgehead atoms. The van der Waals surface area contributed by atoms with E-state index in [1.165, 1.54) is 6.42 Å². The van der Waals surface area contributed by atoms with E-state index in [0.717, 1.165) is 18.4 Å². The Kier molecular flexibility index (Phi) is 5.13. The summed E-state index contributed by atoms with van der Waals surface area (Å²) in [6.07, 6.45) is 8.75. The molecule has 0 saturated carbocycles. The highest BCUT2D eigenvalue weighted by molar-refractivity contribution is 5.35. The van der Waals surface area contributed by atoms with Gasteiger partial charge in [-0.3, -0.25) is 0 Å². The molecule has 15 heavy (non-hydrogen) atoms. The van der Waals surface area contributed by atoms with Gasteiger partial charge in [0, 0.05) is 6.42 Å². The second-order valence-corrected chi connectivity index (χ2v) is 3.44. The molecule has 0 nitrogen and oxygen atoms in total. The van der Waals surface area contributed by atoms with Gasteiger partial charge in [0.25, 0.3) is 0 Å². The normalized spacial score (nSPS) is 10.9. The number of unbranched alkanes of at least 4 members (excludes halogenated alkanes) is 2. The van der Waals surface area contributed by atoms with Gasteiger partial charge in [-0.1, -0.05) is 55.5 Å². The van der Waals surface area contributed by atoms with Crippen LogP contribution >= 0.6 is 0 Å². The van der Waals surface area contributed by atoms with Gasteiger partial charge in [0.15, 0.2) is 0 Å². The van der Waals surface area contributed by atoms with Gasteiger partial charge in [0.1, 0.15) is 5.92 Å². The lowest BCUT2D eigenvalue weighted by atomic mass is 10.0. The van der Waals surface area contributed by atoms with Gasteiger partial charge >= 0.3 is 0 Å². The van der Waals surface area contributed by atoms with E-state index >= 15 is 0 Å². The average molecular weight is 196 g/mol. The van der Waals surface area contributed by atoms with E-state index in [2.05, 4.69) is 24.7 Å². The fourth-order valence-electron chi connectivity index (χ4n) is 1.31. The van der Waals surface area contributed by atoms with Crippen molar-refractivity contribution in [2.45, 2.75) is 32.1 Å². The molecule has 0 aliphatic heterocycles. The monoisotopic (exact) mass is 196 g/mol. The van der Waals surface area contributed by atoms with Gasteiger partial charge in [-0.2, -0.15) is 0 Å². The second-order valence-electron chi connectivity index (χ2n) is 3.44. The minimum atomic E-state index is -0.0527. The maximum atomic E-state index is 5.47. The lowest BCUT2D eigenvalue weighted by Crippen LogP contribution is -1.90. The predicted octanol–water partition coefficient (Wildman–Crippen LogP) is 3.60. The Morgan fingerprint density at radius 3 is 2.60 bits per heavy atom. The summed E-state index contributed by atoms with van der Waals surface area (Å²) in [7, 11) is 0. The van der Waals surface area contributed by atoms with Gasteiger partial charge in [0.05, 0.1) is 0 Å². The first-order valence-corrected chi connectivity index (χ1v) is 5.38. The number of hydrogen-bond acceptors (Lipinski definition) is 0. The Morgan fingerprint density at radius 1 is 1.27 bits per heavy atom. The Labute approximate surface area is 92.7 Å². The fourth-order valence-corrected chi connectivity index (χ4v) is 1.31. The van der Waals surface area contributed by atoms with E-state index < -0.39 is 0 Å². The molecule has 0 aromatic heterocycles. The zero-order valence-electron chi connectivity index (χ0n) is 9.16. The van der Waals surface area contributed by atoms with Gasteiger partial charge in [-0.15, -0.1) is 12.3 Å². The maximum Gasteiger partial charge on any atom is 0.106 e. The minimum Gasteiger partial charge on any atom is -0.118 e. The van der Waals surface area contributed by atoms with E-state index in [-0.39, 0.29) is 5.92 Å². The van der Waals surface area contributed by atoms with E-state index in [1.54, 1.807) is 0 Å². The molecule has 0 heterocycles. The number of hydrogen-bond donors (Lipinski definition) is 0. The summed E-state index contributed by atoms with van der Waals surface area (Å²) in [5.74, 6) is 8.95. The summed E-state index contributed by atoms with van der Waals surface area (Å²) in [5.41, 5.74) is 1.11. The van der Waals surface area contributed by atoms with Crippen LogP contribution < -0.4 is 0 Å². The van der Waals surface area contributed by atoms with Crippen LogP contribution in [0.2, 0.25) is 0 Å². The molecule has 0 fully saturated rings. The number of terminal acetylenes is 1. The van der Waals surface area contributed by atoms with E-state index in [0.29, 0.717) is 0 Å². The average Bonchev–Trinajstić information content (AvgIpc) is 2.30. The molecule has 76 valence electrons. The van der Waals surface area contributed by atoms with Crippen LogP contribution in [0.1, 0.15) is 37.7 Å². The van der Waals surface area contributed by atoms with Crippen LogP contribution in [-0.2, 0) is 0 Å². The van der Waals surface area contributed by atoms with Crippen LogP contribution in [0, 0.1) is 24.2 Å². The van der Waals surface area contributed by atoms with Crippen molar-refractivity contribution in [1.29, 1.82) is 0 Å². The van der Waals surface area contributed by atoms with Crippen LogP contribution in [0.15, 0.2) is 30.3 Å². The summed E-state index contributed by atoms with van der Waals surface area (Å²) in [5, 5.41) is 0. The zero-order chi connectivity index (χ0) is 10.9. The number of rotatable bonds is 3. The van der Waals surface area contributed by atoms with Crippen molar-refractivity contribution in [2.75, 3.05) is 0 Å². The van der Waals surface area contributed by atoms with E-state index in [9.17, 15) is 0 Å². The smallest absolute Gasteiger partial charge is 0.106 e. The van der Waals surface area contributed by atoms with Gasteiger partial charge in [-0.25, -0.2) is 0 Å². The highest BCUT2D eigenvalue weighted by atomic mass is 14.0. The van der Waals surface area contributed by atoms with E-state index in [1.807, 2.05) is 30.3 Å². The van der Waals surface area contributed by atoms with Crippen molar-refractivity contribution in [3.8, 4) is 24.2 Å². The molecule has 1 aromatic rings. The molecule has 1 atom stereocenters. The summed E-state index contributed by atoms with van der Waals surface area (Å²) in [6, 6.07) is 10.0. The minimum absolute atomic E-state index is 0.0527. The molecule has 0 amide bonds. The molecular formula is C15H16. The molecule has 0 aliphatic carbocycles. The molecular weight excluding hydrogens is 180 g/mol. The molecule has 0 saturated heterocycles. The lowest BCUT2D eigenvalue weighted by molar-refractivity contribution is 0.827. The van der Waals surface area contributed by atoms with Crippen LogP contribution in [0.4, 0.5) is 0 Å². The number of benzene rings is 1. The molecule has 0 aliphatic rings. The van der Waals surface area contributed by atoms with Crippen LogP contribution in [0.25, 0.3) is 0 Å². The first-order valence-electron chi connectivity index (χ1n) is 5.38. The zero-order valence-corrected chi connectivity index (χ0v) is 9.16. The molecule has 1 rings (SSSR count). The van der Waals surface area contributed by atoms with Gasteiger partial charge < -0.3 is 0 Å². The van der Waals surface area contributed by atoms with Crippen molar-refractivity contribution in [3.05, 3.63) is 35.9 Å². The SMILES string of the molecule is C#CC(C#CCCCC)c1ccccc1. The summed E-state index contributed by atoms with van der Waals surface area (Å²) in [4.78, 5) is 0. The lowest BCUT2D eigenvalue weighted by Gasteiger charge is -2.01. The van der Waals surface area contributed by atoms with Crippen molar-refractivity contribution in [1.82, 2.24) is 0 Å². The molecule has 0 heteroatoms. The Morgan fingerprint density at radius 2 is 2.00 bits per heavy atom. The topological polar surface area (TPSA) is 0 Å². The van der Waals surface area contributed by atoms with Gasteiger partial charge in [0.2, 0.25) is 0 Å². The van der Waals surface area contributed by atoms with Crippen LogP contribution in [0.5, 0.6) is 0 Å². The third-order valence-electron chi connectivity index (χ3n) is 2.20. The quantitative estimate of drug-likeness (QED) is 0.512. The third-order valence-corrected chi connectivity index (χ3v) is 2.20. The predicted molar refractivity (Wildman–Crippen MR) is 65.3 cm³/mol. The van der Waals surface area contributed by atoms with Crippen molar-refractivity contribution in [3.63, 3.8) is 0 Å². The fraction of sp³-hybridized carbons (Fsp3) is 0.333. The second kappa shape index (κ2) is 6.74. The van der Waals surface area contributed by atoms with Crippen LogP contribution in [0.3, 0.4) is 0 Å². The maximum absolute atomic E-state index is 5.47. The van der Waals surface area contributed by atoms with Gasteiger partial charge in [-0.05, 0) is 12.0 Å². The summed E-state index contributed by atoms with van der Waals surface area (Å²) >= 11 is 0. The molecule has 1 unspecified atom stereocenters. The summed E-state index contributed by atoms with van der Waals surface area (Å²) in [6.45, 7) is 2.16.